The van der Waals surface area contributed by atoms with Gasteiger partial charge in [-0.3, -0.25) is 0 Å². The van der Waals surface area contributed by atoms with Crippen molar-refractivity contribution >= 4 is 22.6 Å². The highest BCUT2D eigenvalue weighted by Crippen LogP contribution is 2.21. The third-order valence-corrected chi connectivity index (χ3v) is 2.66. The molecule has 1 aliphatic rings. The molecule has 0 saturated carbocycles. The monoisotopic (exact) mass is 288 g/mol. The van der Waals surface area contributed by atoms with E-state index in [0.717, 1.165) is 12.2 Å². The number of terminal acetylenes is 1. The molecule has 13 heavy (non-hydrogen) atoms. The van der Waals surface area contributed by atoms with Gasteiger partial charge in [-0.2, -0.15) is 0 Å². The molecule has 0 fully saturated rings. The first kappa shape index (κ1) is 10.6. The van der Waals surface area contributed by atoms with Crippen LogP contribution in [0, 0.1) is 12.3 Å². The molecule has 2 heteroatoms. The summed E-state index contributed by atoms with van der Waals surface area (Å²) in [6.07, 6.45) is 12.5. The van der Waals surface area contributed by atoms with Crippen molar-refractivity contribution in [1.29, 1.82) is 0 Å². The molecule has 0 N–H and O–H groups in total. The van der Waals surface area contributed by atoms with Crippen molar-refractivity contribution in [3.63, 3.8) is 0 Å². The van der Waals surface area contributed by atoms with Crippen molar-refractivity contribution in [2.24, 2.45) is 0 Å². The van der Waals surface area contributed by atoms with Crippen LogP contribution in [0.25, 0.3) is 0 Å². The average molecular weight is 288 g/mol. The van der Waals surface area contributed by atoms with Crippen LogP contribution in [0.15, 0.2) is 24.0 Å². The van der Waals surface area contributed by atoms with Crippen LogP contribution in [-0.2, 0) is 4.74 Å². The molecule has 0 spiro atoms. The largest absolute Gasteiger partial charge is 0.476 e. The zero-order valence-electron chi connectivity index (χ0n) is 7.88. The number of hydrogen-bond donors (Lipinski definition) is 0. The normalized spacial score (nSPS) is 22.0. The van der Waals surface area contributed by atoms with Crippen molar-refractivity contribution in [2.75, 3.05) is 0 Å². The van der Waals surface area contributed by atoms with E-state index in [-0.39, 0.29) is 0 Å². The molecule has 1 nitrogen and oxygen atoms in total. The number of ether oxygens (including phenoxy) is 1. The van der Waals surface area contributed by atoms with Crippen LogP contribution in [0.3, 0.4) is 0 Å². The quantitative estimate of drug-likeness (QED) is 0.431. The van der Waals surface area contributed by atoms with E-state index in [4.69, 9.17) is 11.2 Å². The van der Waals surface area contributed by atoms with E-state index in [9.17, 15) is 0 Å². The van der Waals surface area contributed by atoms with Crippen molar-refractivity contribution in [3.05, 3.63) is 24.0 Å². The Morgan fingerprint density at radius 3 is 2.85 bits per heavy atom. The highest BCUT2D eigenvalue weighted by atomic mass is 127. The molecule has 0 radical (unpaired) electrons. The van der Waals surface area contributed by atoms with Gasteiger partial charge in [-0.1, -0.05) is 34.6 Å². The maximum Gasteiger partial charge on any atom is 0.163 e. The Bertz CT molecular complexity index is 281. The van der Waals surface area contributed by atoms with Crippen molar-refractivity contribution in [1.82, 2.24) is 0 Å². The predicted octanol–water partition coefficient (Wildman–Crippen LogP) is 3.06. The molecular weight excluding hydrogens is 275 g/mol. The summed E-state index contributed by atoms with van der Waals surface area (Å²) in [7, 11) is 0. The van der Waals surface area contributed by atoms with E-state index in [1.165, 1.54) is 0 Å². The lowest BCUT2D eigenvalue weighted by Gasteiger charge is -2.22. The van der Waals surface area contributed by atoms with Crippen molar-refractivity contribution in [3.8, 4) is 12.3 Å². The number of alkyl halides is 1. The maximum absolute atomic E-state index is 5.61. The summed E-state index contributed by atoms with van der Waals surface area (Å²) in [5, 5.41) is 0. The summed E-state index contributed by atoms with van der Waals surface area (Å²) in [5.74, 6) is 3.49. The number of hydrogen-bond acceptors (Lipinski definition) is 1. The first-order valence-corrected chi connectivity index (χ1v) is 5.47. The van der Waals surface area contributed by atoms with Gasteiger partial charge in [-0.15, -0.1) is 6.42 Å². The van der Waals surface area contributed by atoms with Gasteiger partial charge < -0.3 is 4.74 Å². The zero-order valence-corrected chi connectivity index (χ0v) is 10.0. The third kappa shape index (κ3) is 3.43. The van der Waals surface area contributed by atoms with Gasteiger partial charge in [0.15, 0.2) is 5.60 Å². The molecule has 0 heterocycles. The topological polar surface area (TPSA) is 9.23 Å². The minimum atomic E-state index is -0.506. The van der Waals surface area contributed by atoms with E-state index in [1.807, 2.05) is 19.9 Å². The second-order valence-corrected chi connectivity index (χ2v) is 5.07. The Morgan fingerprint density at radius 2 is 2.38 bits per heavy atom. The van der Waals surface area contributed by atoms with Gasteiger partial charge >= 0.3 is 0 Å². The molecule has 0 bridgehead atoms. The highest BCUT2D eigenvalue weighted by Gasteiger charge is 2.17. The molecule has 1 rings (SSSR count). The summed E-state index contributed by atoms with van der Waals surface area (Å²) in [6, 6.07) is 0. The Labute approximate surface area is 93.4 Å². The average Bonchev–Trinajstić information content (AvgIpc) is 2.09. The van der Waals surface area contributed by atoms with Gasteiger partial charge in [-0.25, -0.2) is 0 Å². The van der Waals surface area contributed by atoms with Gasteiger partial charge in [0.1, 0.15) is 5.76 Å². The SMILES string of the molecule is C#CC(C)(C)OC1=CCC(I)C=C1. The minimum absolute atomic E-state index is 0.506. The lowest BCUT2D eigenvalue weighted by Crippen LogP contribution is -2.21. The molecule has 0 aromatic heterocycles. The fraction of sp³-hybridized carbons (Fsp3) is 0.455. The summed E-state index contributed by atoms with van der Waals surface area (Å²) >= 11 is 2.39. The predicted molar refractivity (Wildman–Crippen MR) is 63.6 cm³/mol. The van der Waals surface area contributed by atoms with Crippen molar-refractivity contribution in [2.45, 2.75) is 29.8 Å². The Hall–Kier alpha value is -0.430. The molecule has 0 aromatic carbocycles. The van der Waals surface area contributed by atoms with Gasteiger partial charge in [0.25, 0.3) is 0 Å². The van der Waals surface area contributed by atoms with Crippen LogP contribution in [0.1, 0.15) is 20.3 Å². The first-order valence-electron chi connectivity index (χ1n) is 4.23. The molecule has 70 valence electrons. The van der Waals surface area contributed by atoms with Crippen molar-refractivity contribution < 1.29 is 4.74 Å². The minimum Gasteiger partial charge on any atom is -0.476 e. The van der Waals surface area contributed by atoms with E-state index in [1.54, 1.807) is 0 Å². The van der Waals surface area contributed by atoms with E-state index in [2.05, 4.69) is 40.7 Å². The summed E-state index contributed by atoms with van der Waals surface area (Å²) in [4.78, 5) is 0. The number of allylic oxidation sites excluding steroid dienone is 3. The summed E-state index contributed by atoms with van der Waals surface area (Å²) in [6.45, 7) is 3.77. The van der Waals surface area contributed by atoms with E-state index in [0.29, 0.717) is 3.92 Å². The van der Waals surface area contributed by atoms with Crippen LogP contribution in [0.5, 0.6) is 0 Å². The number of halogens is 1. The van der Waals surface area contributed by atoms with Crippen LogP contribution in [0.4, 0.5) is 0 Å². The fourth-order valence-electron chi connectivity index (χ4n) is 0.974. The van der Waals surface area contributed by atoms with Crippen LogP contribution in [0.2, 0.25) is 0 Å². The highest BCUT2D eigenvalue weighted by molar-refractivity contribution is 14.1. The van der Waals surface area contributed by atoms with Gasteiger partial charge in [0, 0.05) is 3.92 Å². The standard InChI is InChI=1S/C11H13IO/c1-4-11(2,3)13-10-7-5-9(12)6-8-10/h1,5,7-9H,6H2,2-3H3. The summed E-state index contributed by atoms with van der Waals surface area (Å²) < 4.78 is 6.19. The second-order valence-electron chi connectivity index (χ2n) is 3.47. The maximum atomic E-state index is 5.61. The fourth-order valence-corrected chi connectivity index (χ4v) is 1.44. The molecule has 1 aliphatic carbocycles. The molecular formula is C11H13IO. The van der Waals surface area contributed by atoms with Gasteiger partial charge in [-0.05, 0) is 32.4 Å². The summed E-state index contributed by atoms with van der Waals surface area (Å²) in [5.41, 5.74) is -0.506. The molecule has 0 saturated heterocycles. The zero-order chi connectivity index (χ0) is 9.90. The smallest absolute Gasteiger partial charge is 0.163 e. The molecule has 0 aliphatic heterocycles. The van der Waals surface area contributed by atoms with Crippen LogP contribution < -0.4 is 0 Å². The van der Waals surface area contributed by atoms with Gasteiger partial charge in [0.05, 0.1) is 0 Å². The van der Waals surface area contributed by atoms with Gasteiger partial charge in [0.2, 0.25) is 0 Å². The molecule has 0 aromatic rings. The Kier molecular flexibility index (Phi) is 3.43. The lowest BCUT2D eigenvalue weighted by atomic mass is 10.1. The van der Waals surface area contributed by atoms with Crippen LogP contribution >= 0.6 is 22.6 Å². The Balaban J connectivity index is 2.58. The number of rotatable bonds is 2. The molecule has 0 amide bonds. The third-order valence-electron chi connectivity index (χ3n) is 1.73. The lowest BCUT2D eigenvalue weighted by molar-refractivity contribution is 0.0948. The van der Waals surface area contributed by atoms with E-state index < -0.39 is 5.60 Å². The Morgan fingerprint density at radius 1 is 1.69 bits per heavy atom. The van der Waals surface area contributed by atoms with E-state index >= 15 is 0 Å². The molecule has 1 atom stereocenters. The first-order chi connectivity index (χ1) is 6.03. The second kappa shape index (κ2) is 4.19. The molecule has 1 unspecified atom stereocenters. The van der Waals surface area contributed by atoms with Crippen LogP contribution in [-0.4, -0.2) is 9.53 Å².